The Morgan fingerprint density at radius 2 is 1.85 bits per heavy atom. The van der Waals surface area contributed by atoms with Crippen molar-refractivity contribution in [1.29, 1.82) is 0 Å². The second-order valence-electron chi connectivity index (χ2n) is 6.42. The van der Waals surface area contributed by atoms with E-state index in [1.54, 1.807) is 36.3 Å². The molecular formula is C20H20N4O2. The lowest BCUT2D eigenvalue weighted by atomic mass is 9.97. The molecule has 1 aliphatic rings. The molecule has 0 radical (unpaired) electrons. The quantitative estimate of drug-likeness (QED) is 0.728. The van der Waals surface area contributed by atoms with Crippen LogP contribution in [-0.4, -0.2) is 33.8 Å². The van der Waals surface area contributed by atoms with Gasteiger partial charge in [-0.3, -0.25) is 9.69 Å². The summed E-state index contributed by atoms with van der Waals surface area (Å²) in [6, 6.07) is 17.4. The fourth-order valence-electron chi connectivity index (χ4n) is 3.48. The predicted octanol–water partition coefficient (Wildman–Crippen LogP) is 3.32. The summed E-state index contributed by atoms with van der Waals surface area (Å²) in [5, 5.41) is 4.39. The Kier molecular flexibility index (Phi) is 4.16. The molecule has 2 atom stereocenters. The van der Waals surface area contributed by atoms with Crippen LogP contribution in [0.4, 0.5) is 5.95 Å². The maximum absolute atomic E-state index is 13.1. The highest BCUT2D eigenvalue weighted by Crippen LogP contribution is 2.35. The smallest absolute Gasteiger partial charge is 0.260 e. The topological polar surface area (TPSA) is 60.2 Å². The Morgan fingerprint density at radius 3 is 2.54 bits per heavy atom. The van der Waals surface area contributed by atoms with Gasteiger partial charge in [-0.15, -0.1) is 0 Å². The van der Waals surface area contributed by atoms with Gasteiger partial charge in [0.1, 0.15) is 12.1 Å². The first kappa shape index (κ1) is 16.3. The molecule has 0 aliphatic carbocycles. The van der Waals surface area contributed by atoms with E-state index in [4.69, 9.17) is 4.74 Å². The molecule has 1 amide bonds. The van der Waals surface area contributed by atoms with E-state index < -0.39 is 0 Å². The third-order valence-electron chi connectivity index (χ3n) is 4.81. The number of amides is 1. The summed E-state index contributed by atoms with van der Waals surface area (Å²) in [6.45, 7) is 2.05. The van der Waals surface area contributed by atoms with E-state index in [0.717, 1.165) is 12.2 Å². The highest BCUT2D eigenvalue weighted by atomic mass is 16.5. The van der Waals surface area contributed by atoms with Crippen LogP contribution < -0.4 is 9.64 Å². The highest BCUT2D eigenvalue weighted by molar-refractivity contribution is 6.05. The standard InChI is InChI=1S/C20H20N4O2/c1-14-12-18(15-6-4-3-5-7-15)24-20(21-13-22-24)23(14)19(25)16-8-10-17(26-2)11-9-16/h3-11,13-14,18H,12H2,1-2H3/t14-,18-/m1/s1. The summed E-state index contributed by atoms with van der Waals surface area (Å²) in [5.74, 6) is 1.22. The minimum Gasteiger partial charge on any atom is -0.497 e. The number of rotatable bonds is 3. The van der Waals surface area contributed by atoms with E-state index in [0.29, 0.717) is 11.5 Å². The molecule has 0 saturated carbocycles. The lowest BCUT2D eigenvalue weighted by Gasteiger charge is -2.37. The Morgan fingerprint density at radius 1 is 1.12 bits per heavy atom. The van der Waals surface area contributed by atoms with Crippen molar-refractivity contribution in [1.82, 2.24) is 14.8 Å². The van der Waals surface area contributed by atoms with Gasteiger partial charge in [0.05, 0.1) is 13.2 Å². The lowest BCUT2D eigenvalue weighted by molar-refractivity contribution is 0.0966. The molecule has 132 valence electrons. The van der Waals surface area contributed by atoms with Gasteiger partial charge in [0.25, 0.3) is 5.91 Å². The van der Waals surface area contributed by atoms with Crippen LogP contribution in [0.1, 0.15) is 35.3 Å². The summed E-state index contributed by atoms with van der Waals surface area (Å²) < 4.78 is 7.02. The molecule has 0 spiro atoms. The van der Waals surface area contributed by atoms with Gasteiger partial charge in [-0.05, 0) is 43.2 Å². The van der Waals surface area contributed by atoms with E-state index in [9.17, 15) is 4.79 Å². The van der Waals surface area contributed by atoms with Gasteiger partial charge in [-0.1, -0.05) is 30.3 Å². The number of aromatic nitrogens is 3. The van der Waals surface area contributed by atoms with Crippen molar-refractivity contribution < 1.29 is 9.53 Å². The van der Waals surface area contributed by atoms with Crippen LogP contribution in [-0.2, 0) is 0 Å². The number of hydrogen-bond acceptors (Lipinski definition) is 4. The van der Waals surface area contributed by atoms with Gasteiger partial charge in [0.2, 0.25) is 5.95 Å². The van der Waals surface area contributed by atoms with Crippen LogP contribution in [0.25, 0.3) is 0 Å². The van der Waals surface area contributed by atoms with Crippen molar-refractivity contribution in [2.75, 3.05) is 12.0 Å². The molecule has 3 aromatic rings. The highest BCUT2D eigenvalue weighted by Gasteiger charge is 2.36. The number of carbonyl (C=O) groups excluding carboxylic acids is 1. The number of hydrogen-bond donors (Lipinski definition) is 0. The first-order valence-electron chi connectivity index (χ1n) is 8.61. The maximum atomic E-state index is 13.1. The van der Waals surface area contributed by atoms with Gasteiger partial charge in [-0.25, -0.2) is 4.68 Å². The molecule has 1 aliphatic heterocycles. The number of fused-ring (bicyclic) bond motifs is 1. The van der Waals surface area contributed by atoms with Crippen molar-refractivity contribution in [2.45, 2.75) is 25.4 Å². The summed E-state index contributed by atoms with van der Waals surface area (Å²) in [7, 11) is 1.61. The van der Waals surface area contributed by atoms with Crippen molar-refractivity contribution >= 4 is 11.9 Å². The third-order valence-corrected chi connectivity index (χ3v) is 4.81. The molecule has 0 unspecified atom stereocenters. The number of methoxy groups -OCH3 is 1. The molecule has 0 N–H and O–H groups in total. The minimum absolute atomic E-state index is 0.00603. The van der Waals surface area contributed by atoms with Gasteiger partial charge in [0.15, 0.2) is 0 Å². The number of benzene rings is 2. The normalized spacial score (nSPS) is 19.1. The van der Waals surface area contributed by atoms with Crippen molar-refractivity contribution in [2.24, 2.45) is 0 Å². The molecule has 0 fully saturated rings. The largest absolute Gasteiger partial charge is 0.497 e. The van der Waals surface area contributed by atoms with Crippen LogP contribution in [0.2, 0.25) is 0 Å². The zero-order chi connectivity index (χ0) is 18.1. The van der Waals surface area contributed by atoms with Crippen LogP contribution in [0.5, 0.6) is 5.75 Å². The molecule has 0 saturated heterocycles. The second kappa shape index (κ2) is 6.63. The summed E-state index contributed by atoms with van der Waals surface area (Å²) >= 11 is 0. The lowest BCUT2D eigenvalue weighted by Crippen LogP contribution is -2.46. The Hall–Kier alpha value is -3.15. The second-order valence-corrected chi connectivity index (χ2v) is 6.42. The fraction of sp³-hybridized carbons (Fsp3) is 0.250. The van der Waals surface area contributed by atoms with E-state index in [-0.39, 0.29) is 18.0 Å². The number of anilines is 1. The van der Waals surface area contributed by atoms with Crippen molar-refractivity contribution in [3.8, 4) is 5.75 Å². The van der Waals surface area contributed by atoms with Crippen LogP contribution in [0, 0.1) is 0 Å². The Balaban J connectivity index is 1.70. The van der Waals surface area contributed by atoms with Gasteiger partial charge in [0, 0.05) is 11.6 Å². The van der Waals surface area contributed by atoms with E-state index in [1.165, 1.54) is 11.9 Å². The van der Waals surface area contributed by atoms with Gasteiger partial charge < -0.3 is 4.74 Å². The van der Waals surface area contributed by atoms with E-state index in [2.05, 4.69) is 29.1 Å². The number of nitrogens with zero attached hydrogens (tertiary/aromatic N) is 4. The Bertz CT molecular complexity index is 905. The van der Waals surface area contributed by atoms with Crippen molar-refractivity contribution in [3.63, 3.8) is 0 Å². The van der Waals surface area contributed by atoms with Gasteiger partial charge >= 0.3 is 0 Å². The molecule has 0 bridgehead atoms. The first-order chi connectivity index (χ1) is 12.7. The Labute approximate surface area is 152 Å². The predicted molar refractivity (Wildman–Crippen MR) is 98.5 cm³/mol. The number of carbonyl (C=O) groups is 1. The first-order valence-corrected chi connectivity index (χ1v) is 8.61. The van der Waals surface area contributed by atoms with E-state index in [1.807, 2.05) is 22.9 Å². The molecule has 1 aromatic heterocycles. The molecule has 2 aromatic carbocycles. The summed E-state index contributed by atoms with van der Waals surface area (Å²) in [6.07, 6.45) is 2.29. The zero-order valence-corrected chi connectivity index (χ0v) is 14.7. The number of ether oxygens (including phenoxy) is 1. The molecule has 6 nitrogen and oxygen atoms in total. The average molecular weight is 348 g/mol. The van der Waals surface area contributed by atoms with E-state index >= 15 is 0 Å². The summed E-state index contributed by atoms with van der Waals surface area (Å²) in [5.41, 5.74) is 1.77. The third kappa shape index (κ3) is 2.73. The monoisotopic (exact) mass is 348 g/mol. The van der Waals surface area contributed by atoms with Gasteiger partial charge in [-0.2, -0.15) is 10.1 Å². The van der Waals surface area contributed by atoms with Crippen LogP contribution in [0.3, 0.4) is 0 Å². The average Bonchev–Trinajstić information content (AvgIpc) is 3.17. The SMILES string of the molecule is COc1ccc(C(=O)N2c3ncnn3[C@@H](c3ccccc3)C[C@H]2C)cc1. The van der Waals surface area contributed by atoms with Crippen LogP contribution >= 0.6 is 0 Å². The molecular weight excluding hydrogens is 328 g/mol. The van der Waals surface area contributed by atoms with Crippen LogP contribution in [0.15, 0.2) is 60.9 Å². The molecule has 6 heteroatoms. The maximum Gasteiger partial charge on any atom is 0.260 e. The fourth-order valence-corrected chi connectivity index (χ4v) is 3.48. The summed E-state index contributed by atoms with van der Waals surface area (Å²) in [4.78, 5) is 19.2. The molecule has 26 heavy (non-hydrogen) atoms. The van der Waals surface area contributed by atoms with Crippen molar-refractivity contribution in [3.05, 3.63) is 72.1 Å². The zero-order valence-electron chi connectivity index (χ0n) is 14.7. The molecule has 2 heterocycles. The minimum atomic E-state index is -0.0825. The molecule has 4 rings (SSSR count).